The summed E-state index contributed by atoms with van der Waals surface area (Å²) >= 11 is 6.11. The minimum Gasteiger partial charge on any atom is -0.384 e. The molecule has 1 saturated heterocycles. The van der Waals surface area contributed by atoms with E-state index in [-0.39, 0.29) is 24.0 Å². The Balaban J connectivity index is 0.00000225. The molecule has 0 saturated carbocycles. The van der Waals surface area contributed by atoms with Crippen LogP contribution in [0.4, 0.5) is 0 Å². The molecule has 0 aliphatic carbocycles. The van der Waals surface area contributed by atoms with E-state index >= 15 is 0 Å². The van der Waals surface area contributed by atoms with E-state index in [0.717, 1.165) is 55.6 Å². The SMILES string of the molecule is CN=C(NCCc1c[nH]c2ccc(Cl)cc12)N1CCC(COC)C1.I. The zero-order valence-electron chi connectivity index (χ0n) is 14.7. The third-order valence-corrected chi connectivity index (χ3v) is 4.84. The van der Waals surface area contributed by atoms with Gasteiger partial charge in [0.2, 0.25) is 0 Å². The lowest BCUT2D eigenvalue weighted by atomic mass is 10.1. The highest BCUT2D eigenvalue weighted by atomic mass is 127. The molecule has 1 aliphatic rings. The van der Waals surface area contributed by atoms with Crippen molar-refractivity contribution in [1.29, 1.82) is 0 Å². The van der Waals surface area contributed by atoms with E-state index < -0.39 is 0 Å². The zero-order valence-corrected chi connectivity index (χ0v) is 17.8. The molecule has 2 aromatic rings. The maximum atomic E-state index is 6.11. The van der Waals surface area contributed by atoms with Crippen LogP contribution in [-0.2, 0) is 11.2 Å². The Kier molecular flexibility index (Phi) is 7.83. The van der Waals surface area contributed by atoms with E-state index in [1.54, 1.807) is 7.11 Å². The van der Waals surface area contributed by atoms with E-state index in [9.17, 15) is 0 Å². The van der Waals surface area contributed by atoms with E-state index in [1.165, 1.54) is 10.9 Å². The van der Waals surface area contributed by atoms with Crippen molar-refractivity contribution in [3.63, 3.8) is 0 Å². The zero-order chi connectivity index (χ0) is 16.9. The number of aromatic amines is 1. The molecule has 1 atom stereocenters. The summed E-state index contributed by atoms with van der Waals surface area (Å²) in [7, 11) is 3.61. The van der Waals surface area contributed by atoms with Gasteiger partial charge in [0.05, 0.1) is 6.61 Å². The van der Waals surface area contributed by atoms with E-state index in [0.29, 0.717) is 5.92 Å². The summed E-state index contributed by atoms with van der Waals surface area (Å²) in [6.07, 6.45) is 4.15. The highest BCUT2D eigenvalue weighted by molar-refractivity contribution is 14.0. The van der Waals surface area contributed by atoms with Crippen molar-refractivity contribution in [2.24, 2.45) is 10.9 Å². The molecule has 0 amide bonds. The van der Waals surface area contributed by atoms with Gasteiger partial charge in [-0.2, -0.15) is 0 Å². The molecule has 0 bridgehead atoms. The number of hydrogen-bond acceptors (Lipinski definition) is 2. The second kappa shape index (κ2) is 9.64. The van der Waals surface area contributed by atoms with Crippen LogP contribution < -0.4 is 5.32 Å². The lowest BCUT2D eigenvalue weighted by molar-refractivity contribution is 0.157. The number of halogens is 2. The summed E-state index contributed by atoms with van der Waals surface area (Å²) in [5.41, 5.74) is 2.40. The van der Waals surface area contributed by atoms with Crippen molar-refractivity contribution < 1.29 is 4.74 Å². The van der Waals surface area contributed by atoms with Crippen LogP contribution in [0.5, 0.6) is 0 Å². The lowest BCUT2D eigenvalue weighted by Crippen LogP contribution is -2.41. The number of hydrogen-bond donors (Lipinski definition) is 2. The number of nitrogens with one attached hydrogen (secondary N) is 2. The Morgan fingerprint density at radius 3 is 3.08 bits per heavy atom. The number of rotatable bonds is 5. The number of H-pyrrole nitrogens is 1. The van der Waals surface area contributed by atoms with Gasteiger partial charge in [0, 0.05) is 61.8 Å². The normalized spacial score (nSPS) is 17.8. The number of fused-ring (bicyclic) bond motifs is 1. The number of aromatic nitrogens is 1. The second-order valence-electron chi connectivity index (χ2n) is 6.28. The monoisotopic (exact) mass is 476 g/mol. The summed E-state index contributed by atoms with van der Waals surface area (Å²) < 4.78 is 5.27. The number of benzene rings is 1. The molecule has 25 heavy (non-hydrogen) atoms. The molecule has 1 aliphatic heterocycles. The predicted molar refractivity (Wildman–Crippen MR) is 115 cm³/mol. The minimum absolute atomic E-state index is 0. The molecule has 2 heterocycles. The van der Waals surface area contributed by atoms with Gasteiger partial charge in [0.15, 0.2) is 5.96 Å². The average Bonchev–Trinajstić information content (AvgIpc) is 3.19. The molecule has 2 N–H and O–H groups in total. The van der Waals surface area contributed by atoms with Gasteiger partial charge in [0.25, 0.3) is 0 Å². The van der Waals surface area contributed by atoms with Crippen LogP contribution in [0, 0.1) is 5.92 Å². The largest absolute Gasteiger partial charge is 0.384 e. The maximum absolute atomic E-state index is 6.11. The Bertz CT molecular complexity index is 718. The Hall–Kier alpha value is -0.990. The second-order valence-corrected chi connectivity index (χ2v) is 6.72. The molecule has 1 aromatic carbocycles. The van der Waals surface area contributed by atoms with E-state index in [4.69, 9.17) is 16.3 Å². The lowest BCUT2D eigenvalue weighted by Gasteiger charge is -2.21. The van der Waals surface area contributed by atoms with Gasteiger partial charge in [-0.05, 0) is 36.6 Å². The number of guanidine groups is 1. The topological polar surface area (TPSA) is 52.7 Å². The Morgan fingerprint density at radius 2 is 2.32 bits per heavy atom. The summed E-state index contributed by atoms with van der Waals surface area (Å²) in [5, 5.41) is 5.45. The van der Waals surface area contributed by atoms with Crippen molar-refractivity contribution >= 4 is 52.4 Å². The fourth-order valence-electron chi connectivity index (χ4n) is 3.40. The van der Waals surface area contributed by atoms with Crippen LogP contribution in [0.15, 0.2) is 29.4 Å². The van der Waals surface area contributed by atoms with Crippen molar-refractivity contribution in [2.75, 3.05) is 40.4 Å². The van der Waals surface area contributed by atoms with Gasteiger partial charge in [-0.15, -0.1) is 24.0 Å². The Labute approximate surface area is 171 Å². The van der Waals surface area contributed by atoms with Gasteiger partial charge >= 0.3 is 0 Å². The molecule has 0 radical (unpaired) electrons. The molecule has 5 nitrogen and oxygen atoms in total. The smallest absolute Gasteiger partial charge is 0.193 e. The molecule has 7 heteroatoms. The number of ether oxygens (including phenoxy) is 1. The fraction of sp³-hybridized carbons (Fsp3) is 0.500. The summed E-state index contributed by atoms with van der Waals surface area (Å²) in [6, 6.07) is 5.95. The first-order valence-electron chi connectivity index (χ1n) is 8.41. The number of methoxy groups -OCH3 is 1. The van der Waals surface area contributed by atoms with Crippen LogP contribution in [-0.4, -0.2) is 56.2 Å². The average molecular weight is 477 g/mol. The minimum atomic E-state index is 0. The van der Waals surface area contributed by atoms with Gasteiger partial charge < -0.3 is 19.9 Å². The third-order valence-electron chi connectivity index (χ3n) is 4.61. The van der Waals surface area contributed by atoms with Crippen molar-refractivity contribution in [1.82, 2.24) is 15.2 Å². The van der Waals surface area contributed by atoms with E-state index in [1.807, 2.05) is 25.2 Å². The maximum Gasteiger partial charge on any atom is 0.193 e. The molecule has 3 rings (SSSR count). The summed E-state index contributed by atoms with van der Waals surface area (Å²) in [6.45, 7) is 3.72. The molecule has 0 spiro atoms. The number of aliphatic imine (C=N–C) groups is 1. The van der Waals surface area contributed by atoms with Gasteiger partial charge in [-0.25, -0.2) is 0 Å². The number of likely N-dealkylation sites (tertiary alicyclic amines) is 1. The first-order valence-corrected chi connectivity index (χ1v) is 8.79. The van der Waals surface area contributed by atoms with Crippen LogP contribution >= 0.6 is 35.6 Å². The first kappa shape index (κ1) is 20.3. The fourth-order valence-corrected chi connectivity index (χ4v) is 3.57. The molecular formula is C18H26ClIN4O. The molecular weight excluding hydrogens is 451 g/mol. The Morgan fingerprint density at radius 1 is 1.48 bits per heavy atom. The van der Waals surface area contributed by atoms with Crippen LogP contribution in [0.25, 0.3) is 10.9 Å². The molecule has 1 unspecified atom stereocenters. The van der Waals surface area contributed by atoms with Crippen molar-refractivity contribution in [3.05, 3.63) is 35.0 Å². The highest BCUT2D eigenvalue weighted by Gasteiger charge is 2.24. The summed E-state index contributed by atoms with van der Waals surface area (Å²) in [5.74, 6) is 1.58. The van der Waals surface area contributed by atoms with Crippen molar-refractivity contribution in [2.45, 2.75) is 12.8 Å². The van der Waals surface area contributed by atoms with Crippen LogP contribution in [0.3, 0.4) is 0 Å². The number of nitrogens with zero attached hydrogens (tertiary/aromatic N) is 2. The molecule has 138 valence electrons. The summed E-state index contributed by atoms with van der Waals surface area (Å²) in [4.78, 5) is 10.0. The van der Waals surface area contributed by atoms with Crippen LogP contribution in [0.1, 0.15) is 12.0 Å². The van der Waals surface area contributed by atoms with Gasteiger partial charge in [-0.3, -0.25) is 4.99 Å². The quantitative estimate of drug-likeness (QED) is 0.394. The van der Waals surface area contributed by atoms with Gasteiger partial charge in [-0.1, -0.05) is 11.6 Å². The third kappa shape index (κ3) is 5.01. The molecule has 1 fully saturated rings. The standard InChI is InChI=1S/C18H25ClN4O.HI/c1-20-18(23-8-6-13(11-23)12-24-2)21-7-5-14-10-22-17-4-3-15(19)9-16(14)17;/h3-4,9-10,13,22H,5-8,11-12H2,1-2H3,(H,20,21);1H. The van der Waals surface area contributed by atoms with Gasteiger partial charge in [0.1, 0.15) is 0 Å². The first-order chi connectivity index (χ1) is 11.7. The highest BCUT2D eigenvalue weighted by Crippen LogP contribution is 2.22. The van der Waals surface area contributed by atoms with Crippen molar-refractivity contribution in [3.8, 4) is 0 Å². The van der Waals surface area contributed by atoms with Crippen LogP contribution in [0.2, 0.25) is 5.02 Å². The van der Waals surface area contributed by atoms with E-state index in [2.05, 4.69) is 26.4 Å². The molecule has 1 aromatic heterocycles. The predicted octanol–water partition coefficient (Wildman–Crippen LogP) is 3.53.